The molecule has 0 aliphatic heterocycles. The molecule has 0 saturated carbocycles. The van der Waals surface area contributed by atoms with E-state index in [0.29, 0.717) is 5.69 Å². The number of carbonyl (C=O) groups excluding carboxylic acids is 1. The van der Waals surface area contributed by atoms with Gasteiger partial charge in [0.15, 0.2) is 6.29 Å². The van der Waals surface area contributed by atoms with E-state index in [1.165, 1.54) is 16.9 Å². The van der Waals surface area contributed by atoms with Gasteiger partial charge in [0.25, 0.3) is 0 Å². The van der Waals surface area contributed by atoms with Crippen molar-refractivity contribution in [2.24, 2.45) is 7.05 Å². The van der Waals surface area contributed by atoms with E-state index in [1.54, 1.807) is 0 Å². The van der Waals surface area contributed by atoms with Crippen molar-refractivity contribution in [3.63, 3.8) is 0 Å². The smallest absolute Gasteiger partial charge is 0.171 e. The number of nitrogens with zero attached hydrogens (tertiary/aromatic N) is 2. The largest absolute Gasteiger partial charge is 0.341 e. The number of fused-ring (bicyclic) bond motifs is 3. The molecule has 0 bridgehead atoms. The van der Waals surface area contributed by atoms with E-state index in [2.05, 4.69) is 16.5 Å². The molecule has 2 aromatic heterocycles. The van der Waals surface area contributed by atoms with Gasteiger partial charge in [-0.1, -0.05) is 18.2 Å². The average Bonchev–Trinajstić information content (AvgIpc) is 2.81. The number of aryl methyl sites for hydroxylation is 1. The number of hydrogen-bond donors (Lipinski definition) is 0. The van der Waals surface area contributed by atoms with E-state index in [0.717, 1.165) is 22.0 Å². The van der Waals surface area contributed by atoms with E-state index in [-0.39, 0.29) is 0 Å². The SMILES string of the molecule is Cn1c2ccccc2c2snc(C=O)c21. The second-order valence-electron chi connectivity index (χ2n) is 3.44. The van der Waals surface area contributed by atoms with E-state index < -0.39 is 0 Å². The molecule has 3 nitrogen and oxygen atoms in total. The molecule has 1 aromatic carbocycles. The Morgan fingerprint density at radius 3 is 3.00 bits per heavy atom. The lowest BCUT2D eigenvalue weighted by molar-refractivity contribution is 0.112. The van der Waals surface area contributed by atoms with Gasteiger partial charge in [-0.3, -0.25) is 4.79 Å². The third-order valence-corrected chi connectivity index (χ3v) is 3.53. The second-order valence-corrected chi connectivity index (χ2v) is 4.21. The molecule has 0 atom stereocenters. The fraction of sp³-hybridized carbons (Fsp3) is 0.0909. The second kappa shape index (κ2) is 2.90. The molecule has 2 heterocycles. The Bertz CT molecular complexity index is 666. The summed E-state index contributed by atoms with van der Waals surface area (Å²) in [6, 6.07) is 8.11. The van der Waals surface area contributed by atoms with Crippen LogP contribution in [0.2, 0.25) is 0 Å². The van der Waals surface area contributed by atoms with Gasteiger partial charge in [0, 0.05) is 18.0 Å². The van der Waals surface area contributed by atoms with Crippen LogP contribution in [-0.2, 0) is 7.05 Å². The van der Waals surface area contributed by atoms with Gasteiger partial charge in [0.05, 0.1) is 10.2 Å². The molecule has 0 aliphatic carbocycles. The highest BCUT2D eigenvalue weighted by atomic mass is 32.1. The molecule has 0 saturated heterocycles. The van der Waals surface area contributed by atoms with Crippen LogP contribution in [-0.4, -0.2) is 15.2 Å². The van der Waals surface area contributed by atoms with Gasteiger partial charge in [0.2, 0.25) is 0 Å². The molecule has 3 aromatic rings. The minimum atomic E-state index is 0.536. The number of aldehydes is 1. The van der Waals surface area contributed by atoms with Gasteiger partial charge in [-0.2, -0.15) is 4.37 Å². The Labute approximate surface area is 90.1 Å². The summed E-state index contributed by atoms with van der Waals surface area (Å²) in [4.78, 5) is 10.8. The molecular weight excluding hydrogens is 208 g/mol. The maximum atomic E-state index is 10.8. The van der Waals surface area contributed by atoms with Crippen LogP contribution in [0, 0.1) is 0 Å². The van der Waals surface area contributed by atoms with Crippen LogP contribution in [0.15, 0.2) is 24.3 Å². The fourth-order valence-electron chi connectivity index (χ4n) is 1.95. The van der Waals surface area contributed by atoms with Crippen LogP contribution < -0.4 is 0 Å². The van der Waals surface area contributed by atoms with E-state index in [4.69, 9.17) is 0 Å². The van der Waals surface area contributed by atoms with E-state index in [1.807, 2.05) is 23.7 Å². The topological polar surface area (TPSA) is 34.9 Å². The number of aromatic nitrogens is 2. The summed E-state index contributed by atoms with van der Waals surface area (Å²) < 4.78 is 7.26. The molecule has 0 unspecified atom stereocenters. The van der Waals surface area contributed by atoms with Gasteiger partial charge in [-0.15, -0.1) is 0 Å². The quantitative estimate of drug-likeness (QED) is 0.586. The number of hydrogen-bond acceptors (Lipinski definition) is 3. The van der Waals surface area contributed by atoms with Crippen LogP contribution >= 0.6 is 11.5 Å². The standard InChI is InChI=1S/C11H8N2OS/c1-13-9-5-3-2-4-7(9)11-10(13)8(6-14)12-15-11/h2-6H,1H3. The Hall–Kier alpha value is -1.68. The van der Waals surface area contributed by atoms with Crippen molar-refractivity contribution >= 4 is 38.9 Å². The predicted molar refractivity (Wildman–Crippen MR) is 61.5 cm³/mol. The van der Waals surface area contributed by atoms with Crippen LogP contribution in [0.25, 0.3) is 21.1 Å². The normalized spacial score (nSPS) is 11.3. The van der Waals surface area contributed by atoms with Gasteiger partial charge in [0.1, 0.15) is 5.69 Å². The van der Waals surface area contributed by atoms with Crippen molar-refractivity contribution in [2.45, 2.75) is 0 Å². The highest BCUT2D eigenvalue weighted by Crippen LogP contribution is 2.32. The summed E-state index contributed by atoms with van der Waals surface area (Å²) in [7, 11) is 1.96. The summed E-state index contributed by atoms with van der Waals surface area (Å²) in [6.07, 6.45) is 0.817. The molecule has 0 fully saturated rings. The third-order valence-electron chi connectivity index (χ3n) is 2.65. The summed E-state index contributed by atoms with van der Waals surface area (Å²) in [5.74, 6) is 0. The van der Waals surface area contributed by atoms with Gasteiger partial charge in [-0.05, 0) is 17.6 Å². The maximum absolute atomic E-state index is 10.8. The highest BCUT2D eigenvalue weighted by Gasteiger charge is 2.14. The zero-order valence-corrected chi connectivity index (χ0v) is 8.91. The summed E-state index contributed by atoms with van der Waals surface area (Å²) in [5.41, 5.74) is 2.62. The molecule has 0 spiro atoms. The predicted octanol–water partition coefficient (Wildman–Crippen LogP) is 2.60. The maximum Gasteiger partial charge on any atom is 0.171 e. The zero-order chi connectivity index (χ0) is 10.4. The Morgan fingerprint density at radius 1 is 1.40 bits per heavy atom. The molecule has 0 radical (unpaired) electrons. The van der Waals surface area contributed by atoms with Gasteiger partial charge < -0.3 is 4.57 Å². The number of para-hydroxylation sites is 1. The Balaban J connectivity index is 2.64. The number of rotatable bonds is 1. The molecule has 74 valence electrons. The minimum absolute atomic E-state index is 0.536. The molecule has 0 N–H and O–H groups in total. The van der Waals surface area contributed by atoms with Crippen molar-refractivity contribution in [3.8, 4) is 0 Å². The van der Waals surface area contributed by atoms with E-state index in [9.17, 15) is 4.79 Å². The zero-order valence-electron chi connectivity index (χ0n) is 8.10. The molecule has 3 rings (SSSR count). The summed E-state index contributed by atoms with van der Waals surface area (Å²) >= 11 is 1.39. The van der Waals surface area contributed by atoms with Crippen molar-refractivity contribution in [1.29, 1.82) is 0 Å². The summed E-state index contributed by atoms with van der Waals surface area (Å²) in [5, 5.41) is 1.17. The summed E-state index contributed by atoms with van der Waals surface area (Å²) in [6.45, 7) is 0. The molecule has 0 aliphatic rings. The lowest BCUT2D eigenvalue weighted by atomic mass is 10.2. The monoisotopic (exact) mass is 216 g/mol. The number of carbonyl (C=O) groups is 1. The average molecular weight is 216 g/mol. The molecular formula is C11H8N2OS. The lowest BCUT2D eigenvalue weighted by Gasteiger charge is -1.95. The van der Waals surface area contributed by atoms with Crippen molar-refractivity contribution < 1.29 is 4.79 Å². The van der Waals surface area contributed by atoms with Crippen LogP contribution in [0.4, 0.5) is 0 Å². The van der Waals surface area contributed by atoms with Crippen LogP contribution in [0.1, 0.15) is 10.5 Å². The van der Waals surface area contributed by atoms with Gasteiger partial charge >= 0.3 is 0 Å². The molecule has 0 amide bonds. The lowest BCUT2D eigenvalue weighted by Crippen LogP contribution is -1.89. The van der Waals surface area contributed by atoms with Crippen molar-refractivity contribution in [3.05, 3.63) is 30.0 Å². The fourth-order valence-corrected chi connectivity index (χ4v) is 2.87. The van der Waals surface area contributed by atoms with Crippen LogP contribution in [0.3, 0.4) is 0 Å². The first-order valence-corrected chi connectivity index (χ1v) is 5.38. The Morgan fingerprint density at radius 2 is 2.20 bits per heavy atom. The van der Waals surface area contributed by atoms with Crippen LogP contribution in [0.5, 0.6) is 0 Å². The first kappa shape index (κ1) is 8.61. The Kier molecular flexibility index (Phi) is 1.67. The minimum Gasteiger partial charge on any atom is -0.341 e. The highest BCUT2D eigenvalue weighted by molar-refractivity contribution is 7.14. The molecule has 15 heavy (non-hydrogen) atoms. The number of benzene rings is 1. The van der Waals surface area contributed by atoms with Crippen molar-refractivity contribution in [1.82, 2.24) is 8.94 Å². The third kappa shape index (κ3) is 0.995. The van der Waals surface area contributed by atoms with Crippen molar-refractivity contribution in [2.75, 3.05) is 0 Å². The molecule has 4 heteroatoms. The van der Waals surface area contributed by atoms with Gasteiger partial charge in [-0.25, -0.2) is 0 Å². The first-order chi connectivity index (χ1) is 7.33. The first-order valence-electron chi connectivity index (χ1n) is 4.61. The van der Waals surface area contributed by atoms with E-state index >= 15 is 0 Å².